The number of hydrogen-bond acceptors (Lipinski definition) is 3. The maximum atomic E-state index is 11.8. The molecule has 0 fully saturated rings. The maximum Gasteiger partial charge on any atom is 0.239 e. The van der Waals surface area contributed by atoms with Gasteiger partial charge in [-0.1, -0.05) is 12.1 Å². The summed E-state index contributed by atoms with van der Waals surface area (Å²) in [5.74, 6) is 0.0890. The van der Waals surface area contributed by atoms with Crippen LogP contribution in [-0.4, -0.2) is 30.4 Å². The molecule has 0 saturated heterocycles. The van der Waals surface area contributed by atoms with E-state index in [9.17, 15) is 4.79 Å². The topological polar surface area (TPSA) is 56.1 Å². The van der Waals surface area contributed by atoms with Crippen molar-refractivity contribution in [3.05, 3.63) is 35.4 Å². The minimum absolute atomic E-state index is 0.0890. The molecule has 0 radical (unpaired) electrons. The molecule has 1 rings (SSSR count). The smallest absolute Gasteiger partial charge is 0.239 e. The van der Waals surface area contributed by atoms with Crippen molar-refractivity contribution in [3.63, 3.8) is 0 Å². The zero-order chi connectivity index (χ0) is 13.5. The Bertz CT molecular complexity index is 433. The van der Waals surface area contributed by atoms with Gasteiger partial charge in [-0.2, -0.15) is 5.26 Å². The zero-order valence-corrected chi connectivity index (χ0v) is 11.1. The van der Waals surface area contributed by atoms with E-state index in [1.807, 2.05) is 26.0 Å². The molecule has 0 aliphatic rings. The van der Waals surface area contributed by atoms with Crippen LogP contribution >= 0.6 is 0 Å². The van der Waals surface area contributed by atoms with Gasteiger partial charge in [0.1, 0.15) is 0 Å². The van der Waals surface area contributed by atoms with Gasteiger partial charge in [0.2, 0.25) is 5.91 Å². The minimum Gasteiger partial charge on any atom is -0.345 e. The zero-order valence-electron chi connectivity index (χ0n) is 11.1. The maximum absolute atomic E-state index is 11.8. The summed E-state index contributed by atoms with van der Waals surface area (Å²) in [4.78, 5) is 13.5. The van der Waals surface area contributed by atoms with Gasteiger partial charge in [-0.15, -0.1) is 0 Å². The first-order valence-corrected chi connectivity index (χ1v) is 6.06. The van der Waals surface area contributed by atoms with Crippen LogP contribution in [0.5, 0.6) is 0 Å². The lowest BCUT2D eigenvalue weighted by Crippen LogP contribution is -2.42. The average molecular weight is 245 g/mol. The summed E-state index contributed by atoms with van der Waals surface area (Å²) < 4.78 is 0. The summed E-state index contributed by atoms with van der Waals surface area (Å²) in [6.45, 7) is 5.14. The number of nitrogens with one attached hydrogen (secondary N) is 1. The molecule has 1 aromatic carbocycles. The van der Waals surface area contributed by atoms with E-state index in [-0.39, 0.29) is 11.9 Å². The van der Waals surface area contributed by atoms with Crippen molar-refractivity contribution in [1.82, 2.24) is 10.2 Å². The summed E-state index contributed by atoms with van der Waals surface area (Å²) in [7, 11) is 1.79. The minimum atomic E-state index is -0.203. The van der Waals surface area contributed by atoms with Crippen molar-refractivity contribution in [2.24, 2.45) is 0 Å². The van der Waals surface area contributed by atoms with Crippen molar-refractivity contribution >= 4 is 5.91 Å². The second-order valence-corrected chi connectivity index (χ2v) is 4.26. The van der Waals surface area contributed by atoms with Crippen molar-refractivity contribution < 1.29 is 4.79 Å². The van der Waals surface area contributed by atoms with Gasteiger partial charge < -0.3 is 10.2 Å². The van der Waals surface area contributed by atoms with Gasteiger partial charge in [0.15, 0.2) is 0 Å². The first-order chi connectivity index (χ1) is 8.58. The fraction of sp³-hybridized carbons (Fsp3) is 0.429. The Hall–Kier alpha value is -1.86. The third-order valence-corrected chi connectivity index (χ3v) is 2.92. The lowest BCUT2D eigenvalue weighted by atomic mass is 10.1. The van der Waals surface area contributed by atoms with E-state index in [0.29, 0.717) is 18.7 Å². The quantitative estimate of drug-likeness (QED) is 0.855. The number of carbonyl (C=O) groups is 1. The van der Waals surface area contributed by atoms with Crippen molar-refractivity contribution in [1.29, 1.82) is 5.26 Å². The van der Waals surface area contributed by atoms with Crippen LogP contribution in [0, 0.1) is 11.3 Å². The van der Waals surface area contributed by atoms with E-state index in [1.54, 1.807) is 24.1 Å². The van der Waals surface area contributed by atoms with Gasteiger partial charge in [0.05, 0.1) is 17.7 Å². The molecule has 1 unspecified atom stereocenters. The third kappa shape index (κ3) is 3.86. The van der Waals surface area contributed by atoms with Crippen LogP contribution in [0.3, 0.4) is 0 Å². The number of amides is 1. The summed E-state index contributed by atoms with van der Waals surface area (Å²) in [6.07, 6.45) is 0. The molecule has 96 valence electrons. The molecule has 4 nitrogen and oxygen atoms in total. The van der Waals surface area contributed by atoms with Gasteiger partial charge >= 0.3 is 0 Å². The molecular weight excluding hydrogens is 226 g/mol. The number of benzene rings is 1. The summed E-state index contributed by atoms with van der Waals surface area (Å²) in [5.41, 5.74) is 1.71. The van der Waals surface area contributed by atoms with Gasteiger partial charge in [0.25, 0.3) is 0 Å². The molecule has 1 N–H and O–H groups in total. The van der Waals surface area contributed by atoms with E-state index in [4.69, 9.17) is 5.26 Å². The lowest BCUT2D eigenvalue weighted by Gasteiger charge is -2.20. The average Bonchev–Trinajstić information content (AvgIpc) is 2.43. The van der Waals surface area contributed by atoms with Crippen molar-refractivity contribution in [2.75, 3.05) is 13.6 Å². The molecule has 0 aliphatic heterocycles. The number of rotatable bonds is 5. The van der Waals surface area contributed by atoms with E-state index in [0.717, 1.165) is 5.56 Å². The van der Waals surface area contributed by atoms with E-state index >= 15 is 0 Å². The Balaban J connectivity index is 2.49. The molecule has 1 atom stereocenters. The Kier molecular flexibility index (Phi) is 5.34. The van der Waals surface area contributed by atoms with Gasteiger partial charge in [-0.3, -0.25) is 4.79 Å². The fourth-order valence-corrected chi connectivity index (χ4v) is 1.54. The van der Waals surface area contributed by atoms with Crippen molar-refractivity contribution in [3.8, 4) is 6.07 Å². The Morgan fingerprint density at radius 1 is 1.44 bits per heavy atom. The number of nitrogens with zero attached hydrogens (tertiary/aromatic N) is 2. The number of likely N-dealkylation sites (N-methyl/N-ethyl adjacent to an activating group) is 1. The van der Waals surface area contributed by atoms with Gasteiger partial charge in [-0.25, -0.2) is 0 Å². The van der Waals surface area contributed by atoms with Crippen LogP contribution in [0.4, 0.5) is 0 Å². The molecule has 1 aromatic rings. The van der Waals surface area contributed by atoms with Gasteiger partial charge in [-0.05, 0) is 31.5 Å². The van der Waals surface area contributed by atoms with Crippen LogP contribution in [0.15, 0.2) is 24.3 Å². The van der Waals surface area contributed by atoms with Crippen LogP contribution in [-0.2, 0) is 11.3 Å². The predicted octanol–water partition coefficient (Wildman–Crippen LogP) is 1.51. The summed E-state index contributed by atoms with van der Waals surface area (Å²) in [6, 6.07) is 9.22. The predicted molar refractivity (Wildman–Crippen MR) is 70.8 cm³/mol. The summed E-state index contributed by atoms with van der Waals surface area (Å²) >= 11 is 0. The Morgan fingerprint density at radius 2 is 2.06 bits per heavy atom. The molecule has 0 saturated carbocycles. The first-order valence-electron chi connectivity index (χ1n) is 6.06. The normalized spacial score (nSPS) is 11.7. The molecule has 0 aliphatic carbocycles. The highest BCUT2D eigenvalue weighted by molar-refractivity contribution is 5.81. The molecule has 1 amide bonds. The second-order valence-electron chi connectivity index (χ2n) is 4.26. The Morgan fingerprint density at radius 3 is 2.56 bits per heavy atom. The molecule has 0 spiro atoms. The standard InChI is InChI=1S/C14H19N3O/c1-4-17(3)14(18)11(2)16-10-13-7-5-12(9-15)6-8-13/h5-8,11,16H,4,10H2,1-3H3. The monoisotopic (exact) mass is 245 g/mol. The molecule has 0 bridgehead atoms. The van der Waals surface area contributed by atoms with E-state index in [1.165, 1.54) is 0 Å². The molecular formula is C14H19N3O. The van der Waals surface area contributed by atoms with Crippen LogP contribution < -0.4 is 5.32 Å². The molecule has 0 heterocycles. The highest BCUT2D eigenvalue weighted by atomic mass is 16.2. The van der Waals surface area contributed by atoms with Crippen LogP contribution in [0.2, 0.25) is 0 Å². The first kappa shape index (κ1) is 14.2. The highest BCUT2D eigenvalue weighted by Crippen LogP contribution is 2.03. The fourth-order valence-electron chi connectivity index (χ4n) is 1.54. The SMILES string of the molecule is CCN(C)C(=O)C(C)NCc1ccc(C#N)cc1. The lowest BCUT2D eigenvalue weighted by molar-refractivity contribution is -0.131. The van der Waals surface area contributed by atoms with Gasteiger partial charge in [0, 0.05) is 20.1 Å². The van der Waals surface area contributed by atoms with E-state index in [2.05, 4.69) is 11.4 Å². The molecule has 4 heteroatoms. The number of nitriles is 1. The summed E-state index contributed by atoms with van der Waals surface area (Å²) in [5, 5.41) is 11.9. The number of hydrogen-bond donors (Lipinski definition) is 1. The third-order valence-electron chi connectivity index (χ3n) is 2.92. The largest absolute Gasteiger partial charge is 0.345 e. The van der Waals surface area contributed by atoms with Crippen molar-refractivity contribution in [2.45, 2.75) is 26.4 Å². The second kappa shape index (κ2) is 6.77. The van der Waals surface area contributed by atoms with Crippen LogP contribution in [0.1, 0.15) is 25.0 Å². The highest BCUT2D eigenvalue weighted by Gasteiger charge is 2.15. The molecule has 18 heavy (non-hydrogen) atoms. The number of carbonyl (C=O) groups excluding carboxylic acids is 1. The van der Waals surface area contributed by atoms with E-state index < -0.39 is 0 Å². The Labute approximate surface area is 108 Å². The van der Waals surface area contributed by atoms with Crippen LogP contribution in [0.25, 0.3) is 0 Å². The molecule has 0 aromatic heterocycles.